The zero-order valence-corrected chi connectivity index (χ0v) is 16.3. The molecule has 1 N–H and O–H groups in total. The molecule has 2 aliphatic rings. The lowest BCUT2D eigenvalue weighted by Gasteiger charge is -2.34. The van der Waals surface area contributed by atoms with E-state index in [0.29, 0.717) is 10.6 Å². The molecule has 2 heterocycles. The number of esters is 1. The first-order valence-corrected chi connectivity index (χ1v) is 8.77. The maximum absolute atomic E-state index is 13.3. The van der Waals surface area contributed by atoms with E-state index in [-0.39, 0.29) is 11.8 Å². The van der Waals surface area contributed by atoms with Gasteiger partial charge in [0, 0.05) is 10.6 Å². The third-order valence-electron chi connectivity index (χ3n) is 4.49. The van der Waals surface area contributed by atoms with Crippen molar-refractivity contribution < 1.29 is 28.6 Å². The fourth-order valence-electron chi connectivity index (χ4n) is 3.17. The largest absolute Gasteiger partial charge is 0.466 e. The predicted molar refractivity (Wildman–Crippen MR) is 98.0 cm³/mol. The van der Waals surface area contributed by atoms with Crippen LogP contribution in [0.3, 0.4) is 0 Å². The van der Waals surface area contributed by atoms with Gasteiger partial charge in [-0.1, -0.05) is 23.7 Å². The number of hydrogen-bond donors (Lipinski definition) is 1. The lowest BCUT2D eigenvalue weighted by Crippen LogP contribution is -2.60. The van der Waals surface area contributed by atoms with Crippen molar-refractivity contribution in [3.63, 3.8) is 0 Å². The second-order valence-electron chi connectivity index (χ2n) is 6.74. The molecule has 0 unspecified atom stereocenters. The number of cyclic esters (lactones) is 1. The van der Waals surface area contributed by atoms with Crippen molar-refractivity contribution in [3.8, 4) is 0 Å². The highest BCUT2D eigenvalue weighted by molar-refractivity contribution is 7.80. The van der Waals surface area contributed by atoms with Gasteiger partial charge < -0.3 is 19.5 Å². The molecule has 144 valence electrons. The van der Waals surface area contributed by atoms with Crippen molar-refractivity contribution in [2.24, 2.45) is 0 Å². The van der Waals surface area contributed by atoms with Gasteiger partial charge in [-0.25, -0.2) is 14.5 Å². The molecule has 8 nitrogen and oxygen atoms in total. The van der Waals surface area contributed by atoms with Crippen molar-refractivity contribution in [3.05, 3.63) is 34.9 Å². The van der Waals surface area contributed by atoms with Crippen LogP contribution in [0.4, 0.5) is 4.79 Å². The molecule has 2 atom stereocenters. The van der Waals surface area contributed by atoms with E-state index in [1.165, 1.54) is 19.2 Å². The van der Waals surface area contributed by atoms with Gasteiger partial charge in [-0.15, -0.1) is 0 Å². The number of rotatable bonds is 3. The summed E-state index contributed by atoms with van der Waals surface area (Å²) in [4.78, 5) is 39.2. The Morgan fingerprint density at radius 1 is 1.33 bits per heavy atom. The van der Waals surface area contributed by atoms with Gasteiger partial charge in [-0.05, 0) is 38.2 Å². The Balaban J connectivity index is 2.12. The number of carbonyl (C=O) groups is 3. The Hall–Kier alpha value is -2.39. The van der Waals surface area contributed by atoms with Crippen LogP contribution in [-0.2, 0) is 29.4 Å². The summed E-state index contributed by atoms with van der Waals surface area (Å²) in [5.41, 5.74) is -2.51. The van der Waals surface area contributed by atoms with E-state index in [4.69, 9.17) is 38.0 Å². The maximum Gasteiger partial charge on any atom is 0.417 e. The van der Waals surface area contributed by atoms with E-state index in [9.17, 15) is 14.4 Å². The fraction of sp³-hybridized carbons (Fsp3) is 0.412. The molecule has 0 aliphatic carbocycles. The van der Waals surface area contributed by atoms with Gasteiger partial charge in [-0.2, -0.15) is 0 Å². The molecule has 0 bridgehead atoms. The number of nitrogens with one attached hydrogen (secondary N) is 1. The van der Waals surface area contributed by atoms with Crippen LogP contribution in [0.25, 0.3) is 0 Å². The number of benzene rings is 1. The average molecular weight is 413 g/mol. The van der Waals surface area contributed by atoms with Gasteiger partial charge in [0.25, 0.3) is 16.7 Å². The number of amides is 2. The van der Waals surface area contributed by atoms with Crippen LogP contribution in [0.15, 0.2) is 24.3 Å². The number of ether oxygens (including phenoxy) is 3. The van der Waals surface area contributed by atoms with Gasteiger partial charge in [0.1, 0.15) is 6.61 Å². The van der Waals surface area contributed by atoms with Gasteiger partial charge in [0.2, 0.25) is 0 Å². The first-order valence-electron chi connectivity index (χ1n) is 7.98. The van der Waals surface area contributed by atoms with Crippen molar-refractivity contribution >= 4 is 47.0 Å². The van der Waals surface area contributed by atoms with Crippen LogP contribution in [0.5, 0.6) is 0 Å². The molecule has 0 spiro atoms. The Labute approximate surface area is 165 Å². The maximum atomic E-state index is 13.3. The molecule has 3 rings (SSSR count). The highest BCUT2D eigenvalue weighted by Crippen LogP contribution is 2.38. The molecule has 27 heavy (non-hydrogen) atoms. The lowest BCUT2D eigenvalue weighted by atomic mass is 9.85. The molecule has 2 amide bonds. The second kappa shape index (κ2) is 6.65. The summed E-state index contributed by atoms with van der Waals surface area (Å²) in [6.45, 7) is 3.37. The third-order valence-corrected chi connectivity index (χ3v) is 4.94. The fourth-order valence-corrected chi connectivity index (χ4v) is 3.55. The van der Waals surface area contributed by atoms with Crippen molar-refractivity contribution in [1.82, 2.24) is 10.2 Å². The van der Waals surface area contributed by atoms with Gasteiger partial charge in [-0.3, -0.25) is 4.79 Å². The highest BCUT2D eigenvalue weighted by atomic mass is 35.5. The molecule has 2 saturated heterocycles. The summed E-state index contributed by atoms with van der Waals surface area (Å²) >= 11 is 11.0. The van der Waals surface area contributed by atoms with Crippen LogP contribution in [0, 0.1) is 0 Å². The molecule has 10 heteroatoms. The Morgan fingerprint density at radius 2 is 1.96 bits per heavy atom. The molecule has 2 fully saturated rings. The minimum Gasteiger partial charge on any atom is -0.466 e. The van der Waals surface area contributed by atoms with Crippen LogP contribution < -0.4 is 5.32 Å². The second-order valence-corrected chi connectivity index (χ2v) is 7.55. The van der Waals surface area contributed by atoms with Crippen molar-refractivity contribution in [1.29, 1.82) is 0 Å². The number of halogens is 1. The smallest absolute Gasteiger partial charge is 0.417 e. The minimum atomic E-state index is -1.91. The Morgan fingerprint density at radius 3 is 2.48 bits per heavy atom. The molecule has 1 aromatic rings. The summed E-state index contributed by atoms with van der Waals surface area (Å²) in [7, 11) is 1.17. The normalized spacial score (nSPS) is 26.2. The summed E-state index contributed by atoms with van der Waals surface area (Å²) in [5, 5.41) is 2.95. The summed E-state index contributed by atoms with van der Waals surface area (Å²) < 4.78 is 15.5. The molecule has 0 aromatic heterocycles. The number of nitrogens with zero attached hydrogens (tertiary/aromatic N) is 1. The van der Waals surface area contributed by atoms with E-state index >= 15 is 0 Å². The van der Waals surface area contributed by atoms with Gasteiger partial charge in [0.05, 0.1) is 12.6 Å². The molecule has 0 radical (unpaired) electrons. The topological polar surface area (TPSA) is 94.2 Å². The van der Waals surface area contributed by atoms with E-state index in [1.54, 1.807) is 26.0 Å². The standard InChI is InChI=1S/C17H17ClN2O6S/c1-16(2)8-25-15(23)20(16)12(21)11-17(13(22)24-3,26-14(27)19-11)9-4-6-10(18)7-5-9/h4-7,11H,8H2,1-3H3,(H,19,27)/t11-,17-/m0/s1. The van der Waals surface area contributed by atoms with E-state index in [1.807, 2.05) is 0 Å². The Bertz CT molecular complexity index is 827. The third kappa shape index (κ3) is 3.00. The molecule has 0 saturated carbocycles. The molecular weight excluding hydrogens is 396 g/mol. The van der Waals surface area contributed by atoms with Crippen LogP contribution in [0.2, 0.25) is 5.02 Å². The van der Waals surface area contributed by atoms with E-state index in [0.717, 1.165) is 4.90 Å². The Kier molecular flexibility index (Phi) is 4.77. The summed E-state index contributed by atoms with van der Waals surface area (Å²) in [5.74, 6) is -1.57. The number of imide groups is 1. The average Bonchev–Trinajstić information content (AvgIpc) is 3.11. The number of hydrogen-bond acceptors (Lipinski definition) is 7. The first kappa shape index (κ1) is 19.4. The summed E-state index contributed by atoms with van der Waals surface area (Å²) in [6, 6.07) is 4.82. The van der Waals surface area contributed by atoms with E-state index in [2.05, 4.69) is 5.32 Å². The summed E-state index contributed by atoms with van der Waals surface area (Å²) in [6.07, 6.45) is -0.806. The predicted octanol–water partition coefficient (Wildman–Crippen LogP) is 1.74. The molecule has 1 aromatic carbocycles. The van der Waals surface area contributed by atoms with Crippen molar-refractivity contribution in [2.45, 2.75) is 31.0 Å². The van der Waals surface area contributed by atoms with Gasteiger partial charge in [0.15, 0.2) is 6.04 Å². The number of methoxy groups -OCH3 is 1. The SMILES string of the molecule is COC(=O)[C@@]1(c2ccc(Cl)cc2)OC(=S)N[C@H]1C(=O)N1C(=O)OCC1(C)C. The van der Waals surface area contributed by atoms with Crippen LogP contribution in [0.1, 0.15) is 19.4 Å². The van der Waals surface area contributed by atoms with Crippen LogP contribution >= 0.6 is 23.8 Å². The van der Waals surface area contributed by atoms with Crippen molar-refractivity contribution in [2.75, 3.05) is 13.7 Å². The molecule has 2 aliphatic heterocycles. The number of carbonyl (C=O) groups excluding carboxylic acids is 3. The zero-order valence-electron chi connectivity index (χ0n) is 14.8. The van der Waals surface area contributed by atoms with Gasteiger partial charge >= 0.3 is 12.1 Å². The zero-order chi connectivity index (χ0) is 20.0. The van der Waals surface area contributed by atoms with E-state index < -0.39 is 35.2 Å². The highest BCUT2D eigenvalue weighted by Gasteiger charge is 2.62. The lowest BCUT2D eigenvalue weighted by molar-refractivity contribution is -0.165. The monoisotopic (exact) mass is 412 g/mol. The number of thiocarbonyl (C=S) groups is 1. The molecular formula is C17H17ClN2O6S. The van der Waals surface area contributed by atoms with Crippen LogP contribution in [-0.4, -0.2) is 53.3 Å². The minimum absolute atomic E-state index is 0.0295. The first-order chi connectivity index (χ1) is 12.6. The quantitative estimate of drug-likeness (QED) is 0.592.